The van der Waals surface area contributed by atoms with Crippen molar-refractivity contribution in [2.75, 3.05) is 14.2 Å². The van der Waals surface area contributed by atoms with Gasteiger partial charge in [-0.3, -0.25) is 19.6 Å². The third-order valence-corrected chi connectivity index (χ3v) is 4.35. The molecule has 1 N–H and O–H groups in total. The molecule has 1 heterocycles. The molecule has 10 nitrogen and oxygen atoms in total. The van der Waals surface area contributed by atoms with Gasteiger partial charge >= 0.3 is 5.69 Å². The summed E-state index contributed by atoms with van der Waals surface area (Å²) < 4.78 is 11.8. The minimum absolute atomic E-state index is 0.0929. The molecule has 1 amide bonds. The van der Waals surface area contributed by atoms with E-state index in [1.54, 1.807) is 46.1 Å². The molecule has 1 aromatic carbocycles. The monoisotopic (exact) mass is 389 g/mol. The zero-order valence-electron chi connectivity index (χ0n) is 16.6. The highest BCUT2D eigenvalue weighted by atomic mass is 16.6. The maximum atomic E-state index is 12.5. The summed E-state index contributed by atoms with van der Waals surface area (Å²) in [6, 6.07) is 4.51. The molecule has 1 unspecified atom stereocenters. The molecule has 0 aliphatic carbocycles. The van der Waals surface area contributed by atoms with Gasteiger partial charge in [0, 0.05) is 5.56 Å². The predicted octanol–water partition coefficient (Wildman–Crippen LogP) is 2.53. The van der Waals surface area contributed by atoms with Gasteiger partial charge in [-0.05, 0) is 45.9 Å². The third kappa shape index (κ3) is 4.11. The molecule has 0 radical (unpaired) electrons. The van der Waals surface area contributed by atoms with Crippen LogP contribution in [0.25, 0.3) is 0 Å². The maximum absolute atomic E-state index is 12.5. The van der Waals surface area contributed by atoms with Crippen LogP contribution in [0.3, 0.4) is 0 Å². The van der Waals surface area contributed by atoms with E-state index in [1.807, 2.05) is 0 Å². The van der Waals surface area contributed by atoms with Gasteiger partial charge < -0.3 is 9.47 Å². The van der Waals surface area contributed by atoms with Gasteiger partial charge in [-0.25, -0.2) is 5.43 Å². The topological polar surface area (TPSA) is 121 Å². The van der Waals surface area contributed by atoms with E-state index in [-0.39, 0.29) is 11.4 Å². The summed E-state index contributed by atoms with van der Waals surface area (Å²) in [6.45, 7) is 6.42. The molecule has 150 valence electrons. The lowest BCUT2D eigenvalue weighted by atomic mass is 10.1. The van der Waals surface area contributed by atoms with Crippen molar-refractivity contribution in [1.29, 1.82) is 0 Å². The fourth-order valence-electron chi connectivity index (χ4n) is 2.76. The van der Waals surface area contributed by atoms with E-state index in [0.29, 0.717) is 22.9 Å². The number of methoxy groups -OCH3 is 2. The first kappa shape index (κ1) is 20.9. The Morgan fingerprint density at radius 2 is 1.93 bits per heavy atom. The van der Waals surface area contributed by atoms with E-state index < -0.39 is 16.9 Å². The van der Waals surface area contributed by atoms with Crippen molar-refractivity contribution >= 4 is 17.3 Å². The highest BCUT2D eigenvalue weighted by Gasteiger charge is 2.27. The number of benzene rings is 1. The van der Waals surface area contributed by atoms with Gasteiger partial charge in [0.05, 0.1) is 24.9 Å². The third-order valence-electron chi connectivity index (χ3n) is 4.35. The quantitative estimate of drug-likeness (QED) is 0.441. The van der Waals surface area contributed by atoms with Crippen molar-refractivity contribution in [3.63, 3.8) is 0 Å². The van der Waals surface area contributed by atoms with E-state index in [4.69, 9.17) is 9.47 Å². The fourth-order valence-corrected chi connectivity index (χ4v) is 2.76. The first-order valence-electron chi connectivity index (χ1n) is 8.47. The number of nitro groups is 1. The smallest absolute Gasteiger partial charge is 0.312 e. The summed E-state index contributed by atoms with van der Waals surface area (Å²) in [5, 5.41) is 19.4. The molecule has 1 atom stereocenters. The Bertz CT molecular complexity index is 935. The fraction of sp³-hybridized carbons (Fsp3) is 0.389. The number of hydrogen-bond acceptors (Lipinski definition) is 7. The predicted molar refractivity (Wildman–Crippen MR) is 103 cm³/mol. The molecule has 0 fully saturated rings. The van der Waals surface area contributed by atoms with Gasteiger partial charge in [0.15, 0.2) is 11.5 Å². The van der Waals surface area contributed by atoms with Crippen molar-refractivity contribution in [3.8, 4) is 11.5 Å². The Balaban J connectivity index is 2.19. The second-order valence-electron chi connectivity index (χ2n) is 6.14. The van der Waals surface area contributed by atoms with Crippen LogP contribution in [0.5, 0.6) is 11.5 Å². The van der Waals surface area contributed by atoms with Crippen LogP contribution in [0.1, 0.15) is 36.8 Å². The average molecular weight is 389 g/mol. The number of hydrazone groups is 1. The SMILES string of the molecule is COc1ccc(C(C)=NNC(=O)C(C)n2nc(C)c([N+](=O)[O-])c2C)cc1OC. The normalized spacial score (nSPS) is 12.4. The molecule has 0 bridgehead atoms. The molecular weight excluding hydrogens is 366 g/mol. The summed E-state index contributed by atoms with van der Waals surface area (Å²) in [5.74, 6) is 0.687. The van der Waals surface area contributed by atoms with Gasteiger partial charge in [-0.2, -0.15) is 10.2 Å². The average Bonchev–Trinajstić information content (AvgIpc) is 2.98. The molecule has 0 saturated carbocycles. The number of ether oxygens (including phenoxy) is 2. The molecule has 2 rings (SSSR count). The van der Waals surface area contributed by atoms with E-state index in [2.05, 4.69) is 15.6 Å². The summed E-state index contributed by atoms with van der Waals surface area (Å²) in [5.41, 5.74) is 4.25. The van der Waals surface area contributed by atoms with Crippen molar-refractivity contribution in [2.24, 2.45) is 5.10 Å². The van der Waals surface area contributed by atoms with Crippen LogP contribution in [0.2, 0.25) is 0 Å². The number of nitrogens with one attached hydrogen (secondary N) is 1. The van der Waals surface area contributed by atoms with Crippen molar-refractivity contribution < 1.29 is 19.2 Å². The number of aromatic nitrogens is 2. The highest BCUT2D eigenvalue weighted by Crippen LogP contribution is 2.28. The Hall–Kier alpha value is -3.43. The summed E-state index contributed by atoms with van der Waals surface area (Å²) in [6.07, 6.45) is 0. The van der Waals surface area contributed by atoms with Crippen LogP contribution in [0, 0.1) is 24.0 Å². The Morgan fingerprint density at radius 3 is 2.46 bits per heavy atom. The molecular formula is C18H23N5O5. The van der Waals surface area contributed by atoms with Crippen molar-refractivity contribution in [2.45, 2.75) is 33.7 Å². The number of carbonyl (C=O) groups is 1. The van der Waals surface area contributed by atoms with E-state index in [1.165, 1.54) is 18.7 Å². The molecule has 0 aliphatic heterocycles. The number of rotatable bonds is 7. The van der Waals surface area contributed by atoms with Crippen LogP contribution in [-0.4, -0.2) is 40.5 Å². The maximum Gasteiger partial charge on any atom is 0.312 e. The second kappa shape index (κ2) is 8.51. The zero-order chi connectivity index (χ0) is 21.0. The van der Waals surface area contributed by atoms with Gasteiger partial charge in [-0.15, -0.1) is 0 Å². The van der Waals surface area contributed by atoms with E-state index in [9.17, 15) is 14.9 Å². The van der Waals surface area contributed by atoms with Gasteiger partial charge in [0.1, 0.15) is 17.4 Å². The number of hydrogen-bond donors (Lipinski definition) is 1. The lowest BCUT2D eigenvalue weighted by Gasteiger charge is -2.13. The van der Waals surface area contributed by atoms with Crippen LogP contribution < -0.4 is 14.9 Å². The summed E-state index contributed by atoms with van der Waals surface area (Å²) >= 11 is 0. The number of nitrogens with zero attached hydrogens (tertiary/aromatic N) is 4. The van der Waals surface area contributed by atoms with Gasteiger partial charge in [0.25, 0.3) is 5.91 Å². The summed E-state index contributed by atoms with van der Waals surface area (Å²) in [7, 11) is 3.08. The summed E-state index contributed by atoms with van der Waals surface area (Å²) in [4.78, 5) is 23.1. The number of carbonyl (C=O) groups excluding carboxylic acids is 1. The van der Waals surface area contributed by atoms with E-state index >= 15 is 0 Å². The van der Waals surface area contributed by atoms with Crippen LogP contribution in [-0.2, 0) is 4.79 Å². The first-order valence-corrected chi connectivity index (χ1v) is 8.47. The van der Waals surface area contributed by atoms with Crippen molar-refractivity contribution in [3.05, 3.63) is 45.3 Å². The van der Waals surface area contributed by atoms with E-state index in [0.717, 1.165) is 5.56 Å². The van der Waals surface area contributed by atoms with Gasteiger partial charge in [-0.1, -0.05) is 0 Å². The first-order chi connectivity index (χ1) is 13.2. The number of amides is 1. The Labute approximate surface area is 162 Å². The second-order valence-corrected chi connectivity index (χ2v) is 6.14. The van der Waals surface area contributed by atoms with Crippen LogP contribution in [0.15, 0.2) is 23.3 Å². The van der Waals surface area contributed by atoms with Crippen LogP contribution >= 0.6 is 0 Å². The Kier molecular flexibility index (Phi) is 6.34. The molecule has 0 saturated heterocycles. The highest BCUT2D eigenvalue weighted by molar-refractivity contribution is 5.99. The lowest BCUT2D eigenvalue weighted by molar-refractivity contribution is -0.386. The minimum atomic E-state index is -0.769. The lowest BCUT2D eigenvalue weighted by Crippen LogP contribution is -2.29. The minimum Gasteiger partial charge on any atom is -0.493 e. The molecule has 1 aromatic heterocycles. The zero-order valence-corrected chi connectivity index (χ0v) is 16.6. The largest absolute Gasteiger partial charge is 0.493 e. The van der Waals surface area contributed by atoms with Gasteiger partial charge in [0.2, 0.25) is 0 Å². The number of aryl methyl sites for hydroxylation is 1. The molecule has 0 aliphatic rings. The standard InChI is InChI=1S/C18H23N5O5/c1-10(14-7-8-15(27-5)16(9-14)28-6)19-20-18(24)13(4)22-12(3)17(23(25)26)11(2)21-22/h7-9,13H,1-6H3,(H,20,24). The Morgan fingerprint density at radius 1 is 1.29 bits per heavy atom. The molecule has 10 heteroatoms. The van der Waals surface area contributed by atoms with Crippen LogP contribution in [0.4, 0.5) is 5.69 Å². The molecule has 2 aromatic rings. The molecule has 28 heavy (non-hydrogen) atoms. The molecule has 0 spiro atoms. The van der Waals surface area contributed by atoms with Crippen molar-refractivity contribution in [1.82, 2.24) is 15.2 Å².